The minimum Gasteiger partial charge on any atom is -0.493 e. The van der Waals surface area contributed by atoms with Crippen molar-refractivity contribution < 1.29 is 27.7 Å². The summed E-state index contributed by atoms with van der Waals surface area (Å²) in [6.45, 7) is 22.1. The smallest absolute Gasteiger partial charge is 0.251 e. The van der Waals surface area contributed by atoms with E-state index in [9.17, 15) is 8.78 Å². The van der Waals surface area contributed by atoms with Crippen molar-refractivity contribution in [2.24, 2.45) is 0 Å². The first-order chi connectivity index (χ1) is 36.9. The average Bonchev–Trinajstić information content (AvgIpc) is 4.18. The second kappa shape index (κ2) is 26.9. The third kappa shape index (κ3) is 15.0. The summed E-state index contributed by atoms with van der Waals surface area (Å²) in [4.78, 5) is 32.0. The molecule has 0 bridgehead atoms. The van der Waals surface area contributed by atoms with Gasteiger partial charge in [0.1, 0.15) is 17.5 Å². The molecule has 2 N–H and O–H groups in total. The zero-order chi connectivity index (χ0) is 53.0. The summed E-state index contributed by atoms with van der Waals surface area (Å²) in [5.74, 6) is 3.87. The molecular weight excluding hydrogens is 965 g/mol. The van der Waals surface area contributed by atoms with Crippen molar-refractivity contribution in [3.05, 3.63) is 30.1 Å². The van der Waals surface area contributed by atoms with Crippen LogP contribution in [-0.2, 0) is 0 Å². The Morgan fingerprint density at radius 3 is 1.46 bits per heavy atom. The van der Waals surface area contributed by atoms with E-state index < -0.39 is 5.92 Å². The highest BCUT2D eigenvalue weighted by Gasteiger charge is 2.35. The molecule has 6 fully saturated rings. The predicted molar refractivity (Wildman–Crippen MR) is 303 cm³/mol. The minimum absolute atomic E-state index is 0.182. The molecule has 7 heterocycles. The SMILES string of the molecule is COc1cc2c(NC3CCN(C(C)C)CC3)nc(C3CCCCC3)nc2cc1OCCCN1CCCC1.COc1cc2c(NC3CCN(C(C)C)CC3)nc(N3CCC(F)(F)CC3)nc2cc1OCCCN1CCCC1. The summed E-state index contributed by atoms with van der Waals surface area (Å²) in [5.41, 5.74) is 1.70. The molecule has 4 aromatic rings. The van der Waals surface area contributed by atoms with Crippen LogP contribution < -0.4 is 34.5 Å². The fraction of sp³-hybridized carbons (Fsp3) is 0.729. The van der Waals surface area contributed by atoms with E-state index in [-0.39, 0.29) is 32.0 Å². The highest BCUT2D eigenvalue weighted by molar-refractivity contribution is 5.93. The number of hydrogen-bond acceptors (Lipinski definition) is 15. The number of methoxy groups -OCH3 is 2. The third-order valence-electron chi connectivity index (χ3n) is 17.1. The quantitative estimate of drug-likeness (QED) is 0.0814. The van der Waals surface area contributed by atoms with Gasteiger partial charge in [0.05, 0.1) is 38.5 Å². The Morgan fingerprint density at radius 2 is 1.00 bits per heavy atom. The van der Waals surface area contributed by atoms with Gasteiger partial charge in [-0.25, -0.2) is 23.7 Å². The van der Waals surface area contributed by atoms with Gasteiger partial charge in [-0.15, -0.1) is 0 Å². The number of alkyl halides is 2. The monoisotopic (exact) mass is 1060 g/mol. The van der Waals surface area contributed by atoms with Crippen molar-refractivity contribution in [1.29, 1.82) is 0 Å². The molecule has 0 atom stereocenters. The highest BCUT2D eigenvalue weighted by Crippen LogP contribution is 2.40. The Morgan fingerprint density at radius 1 is 0.539 bits per heavy atom. The molecule has 0 amide bonds. The van der Waals surface area contributed by atoms with E-state index in [4.69, 9.17) is 38.9 Å². The van der Waals surface area contributed by atoms with Gasteiger partial charge in [-0.05, 0) is 143 Å². The van der Waals surface area contributed by atoms with Gasteiger partial charge in [0.15, 0.2) is 23.0 Å². The number of nitrogens with one attached hydrogen (secondary N) is 2. The normalized spacial score (nSPS) is 20.9. The molecule has 17 heteroatoms. The number of halogens is 2. The molecule has 6 aliphatic rings. The zero-order valence-corrected chi connectivity index (χ0v) is 47.0. The number of ether oxygens (including phenoxy) is 4. The number of benzene rings is 2. The number of nitrogens with zero attached hydrogens (tertiary/aromatic N) is 9. The first-order valence-electron chi connectivity index (χ1n) is 29.6. The van der Waals surface area contributed by atoms with E-state index in [2.05, 4.69) is 70.1 Å². The number of aromatic nitrogens is 4. The molecule has 10 rings (SSSR count). The number of likely N-dealkylation sites (tertiary alicyclic amines) is 4. The van der Waals surface area contributed by atoms with Crippen LogP contribution in [0.2, 0.25) is 0 Å². The van der Waals surface area contributed by atoms with Crippen LogP contribution in [-0.4, -0.2) is 176 Å². The molecule has 420 valence electrons. The Kier molecular flexibility index (Phi) is 19.8. The van der Waals surface area contributed by atoms with Gasteiger partial charge >= 0.3 is 0 Å². The zero-order valence-electron chi connectivity index (χ0n) is 47.0. The van der Waals surface area contributed by atoms with Crippen molar-refractivity contribution in [2.45, 2.75) is 173 Å². The van der Waals surface area contributed by atoms with Gasteiger partial charge in [0, 0.05) is 118 Å². The number of rotatable bonds is 20. The first-order valence-corrected chi connectivity index (χ1v) is 29.6. The van der Waals surface area contributed by atoms with Crippen molar-refractivity contribution in [2.75, 3.05) is 122 Å². The molecule has 2 aromatic carbocycles. The lowest BCUT2D eigenvalue weighted by Gasteiger charge is -2.35. The van der Waals surface area contributed by atoms with Gasteiger partial charge in [-0.2, -0.15) is 4.98 Å². The molecule has 2 aromatic heterocycles. The van der Waals surface area contributed by atoms with Crippen LogP contribution in [0.1, 0.15) is 149 Å². The van der Waals surface area contributed by atoms with Crippen LogP contribution in [0.4, 0.5) is 26.4 Å². The second-order valence-corrected chi connectivity index (χ2v) is 23.1. The third-order valence-corrected chi connectivity index (χ3v) is 17.1. The molecule has 1 aliphatic carbocycles. The van der Waals surface area contributed by atoms with Crippen LogP contribution in [0.25, 0.3) is 21.8 Å². The lowest BCUT2D eigenvalue weighted by atomic mass is 9.88. The standard InChI is InChI=1S/C30H47N5O2.C29H44F2N6O2/c1-22(2)35-17-12-24(13-18-35)31-30-25-20-27(36-3)28(37-19-9-16-34-14-7-8-15-34)21-26(25)32-29(33-30)23-10-5-4-6-11-23;1-21(2)36-14-7-22(8-15-36)32-27-23-19-25(38-3)26(39-18-6-13-35-11-4-5-12-35)20-24(23)33-28(34-27)37-16-9-29(30,31)10-17-37/h20-24H,4-19H2,1-3H3,(H,31,32,33);19-22H,4-18H2,1-3H3,(H,32,33,34). The molecule has 0 radical (unpaired) electrons. The second-order valence-electron chi connectivity index (χ2n) is 23.1. The summed E-state index contributed by atoms with van der Waals surface area (Å²) in [6.07, 6.45) is 17.4. The van der Waals surface area contributed by atoms with Crippen LogP contribution in [0, 0.1) is 0 Å². The van der Waals surface area contributed by atoms with E-state index in [1.165, 1.54) is 84.0 Å². The Bertz CT molecular complexity index is 2440. The van der Waals surface area contributed by atoms with Crippen molar-refractivity contribution in [3.63, 3.8) is 0 Å². The fourth-order valence-corrected chi connectivity index (χ4v) is 12.2. The van der Waals surface area contributed by atoms with Crippen molar-refractivity contribution in [3.8, 4) is 23.0 Å². The first kappa shape index (κ1) is 56.2. The predicted octanol–water partition coefficient (Wildman–Crippen LogP) is 10.9. The summed E-state index contributed by atoms with van der Waals surface area (Å²) in [5, 5.41) is 9.41. The van der Waals surface area contributed by atoms with Crippen LogP contribution in [0.3, 0.4) is 0 Å². The van der Waals surface area contributed by atoms with Gasteiger partial charge in [-0.1, -0.05) is 19.3 Å². The molecule has 76 heavy (non-hydrogen) atoms. The molecular formula is C59H91F2N11O4. The Labute approximate surface area is 452 Å². The lowest BCUT2D eigenvalue weighted by Crippen LogP contribution is -2.42. The molecule has 0 unspecified atom stereocenters. The van der Waals surface area contributed by atoms with Crippen LogP contribution in [0.5, 0.6) is 23.0 Å². The summed E-state index contributed by atoms with van der Waals surface area (Å²) >= 11 is 0. The molecule has 5 aliphatic heterocycles. The molecule has 0 spiro atoms. The largest absolute Gasteiger partial charge is 0.493 e. The molecule has 5 saturated heterocycles. The van der Waals surface area contributed by atoms with Crippen molar-refractivity contribution >= 4 is 39.4 Å². The fourth-order valence-electron chi connectivity index (χ4n) is 12.2. The minimum atomic E-state index is -2.62. The van der Waals surface area contributed by atoms with Crippen molar-refractivity contribution in [1.82, 2.24) is 39.5 Å². The number of hydrogen-bond donors (Lipinski definition) is 2. The molecule has 1 saturated carbocycles. The van der Waals surface area contributed by atoms with E-state index in [0.29, 0.717) is 54.7 Å². The van der Waals surface area contributed by atoms with Gasteiger partial charge in [0.25, 0.3) is 5.92 Å². The highest BCUT2D eigenvalue weighted by atomic mass is 19.3. The van der Waals surface area contributed by atoms with Crippen LogP contribution in [0.15, 0.2) is 24.3 Å². The summed E-state index contributed by atoms with van der Waals surface area (Å²) in [6, 6.07) is 9.89. The van der Waals surface area contributed by atoms with E-state index in [1.54, 1.807) is 14.2 Å². The topological polar surface area (TPSA) is 129 Å². The maximum atomic E-state index is 13.9. The lowest BCUT2D eigenvalue weighted by molar-refractivity contribution is -0.0222. The van der Waals surface area contributed by atoms with E-state index >= 15 is 0 Å². The maximum Gasteiger partial charge on any atom is 0.251 e. The number of fused-ring (bicyclic) bond motifs is 2. The average molecular weight is 1060 g/mol. The maximum absolute atomic E-state index is 13.9. The van der Waals surface area contributed by atoms with E-state index in [1.807, 2.05) is 17.0 Å². The summed E-state index contributed by atoms with van der Waals surface area (Å²) in [7, 11) is 3.38. The van der Waals surface area contributed by atoms with E-state index in [0.717, 1.165) is 129 Å². The number of anilines is 3. The van der Waals surface area contributed by atoms with Crippen LogP contribution >= 0.6 is 0 Å². The van der Waals surface area contributed by atoms with Gasteiger partial charge < -0.3 is 54.1 Å². The Balaban J connectivity index is 0.000000186. The van der Waals surface area contributed by atoms with Gasteiger partial charge in [-0.3, -0.25) is 0 Å². The Hall–Kier alpha value is -4.58. The van der Waals surface area contributed by atoms with Gasteiger partial charge in [0.2, 0.25) is 5.95 Å². The number of piperidine rings is 3. The molecule has 15 nitrogen and oxygen atoms in total. The summed E-state index contributed by atoms with van der Waals surface area (Å²) < 4.78 is 51.7.